The van der Waals surface area contributed by atoms with Gasteiger partial charge >= 0.3 is 0 Å². The van der Waals surface area contributed by atoms with E-state index in [9.17, 15) is 4.79 Å². The monoisotopic (exact) mass is 433 g/mol. The average molecular weight is 434 g/mol. The molecule has 0 unspecified atom stereocenters. The van der Waals surface area contributed by atoms with E-state index in [1.54, 1.807) is 53.6 Å². The Hall–Kier alpha value is -3.52. The second kappa shape index (κ2) is 8.31. The molecule has 0 aliphatic carbocycles. The minimum atomic E-state index is -0.285. The molecule has 0 bridgehead atoms. The molecule has 0 spiro atoms. The molecule has 0 saturated carbocycles. The second-order valence-electron chi connectivity index (χ2n) is 7.38. The standard InChI is InChI=1S/C22H20ClN7O/c23-18-9-8-15(14-17(18)21-28-27-19-7-2-1-3-12-29(19)21)26-22(31)16-6-4-10-24-20(16)30-13-5-11-25-30/h4-6,8-11,13-14H,1-3,7,12H2,(H,26,31). The number of anilines is 1. The molecule has 0 radical (unpaired) electrons. The van der Waals surface area contributed by atoms with E-state index in [0.29, 0.717) is 22.1 Å². The van der Waals surface area contributed by atoms with Crippen LogP contribution in [0.15, 0.2) is 55.0 Å². The third-order valence-corrected chi connectivity index (χ3v) is 5.66. The Morgan fingerprint density at radius 3 is 2.87 bits per heavy atom. The first-order valence-corrected chi connectivity index (χ1v) is 10.6. The van der Waals surface area contributed by atoms with Crippen molar-refractivity contribution in [1.29, 1.82) is 0 Å². The van der Waals surface area contributed by atoms with Crippen molar-refractivity contribution >= 4 is 23.2 Å². The molecular formula is C22H20ClN7O. The number of carbonyl (C=O) groups is 1. The number of hydrogen-bond donors (Lipinski definition) is 1. The van der Waals surface area contributed by atoms with Crippen LogP contribution >= 0.6 is 11.6 Å². The summed E-state index contributed by atoms with van der Waals surface area (Å²) in [5, 5.41) is 16.4. The first kappa shape index (κ1) is 19.4. The zero-order chi connectivity index (χ0) is 21.2. The number of aryl methyl sites for hydroxylation is 1. The van der Waals surface area contributed by atoms with Crippen molar-refractivity contribution in [3.63, 3.8) is 0 Å². The summed E-state index contributed by atoms with van der Waals surface area (Å²) >= 11 is 6.50. The van der Waals surface area contributed by atoms with Gasteiger partial charge < -0.3 is 9.88 Å². The Morgan fingerprint density at radius 1 is 1.06 bits per heavy atom. The number of amides is 1. The lowest BCUT2D eigenvalue weighted by atomic mass is 10.1. The number of pyridine rings is 1. The van der Waals surface area contributed by atoms with Crippen LogP contribution in [0.2, 0.25) is 5.02 Å². The molecule has 31 heavy (non-hydrogen) atoms. The van der Waals surface area contributed by atoms with Crippen LogP contribution in [0.3, 0.4) is 0 Å². The van der Waals surface area contributed by atoms with Crippen LogP contribution in [0.25, 0.3) is 17.2 Å². The second-order valence-corrected chi connectivity index (χ2v) is 7.78. The molecule has 0 fully saturated rings. The lowest BCUT2D eigenvalue weighted by Crippen LogP contribution is -2.16. The van der Waals surface area contributed by atoms with Gasteiger partial charge in [-0.1, -0.05) is 18.0 Å². The van der Waals surface area contributed by atoms with Crippen LogP contribution in [-0.2, 0) is 13.0 Å². The SMILES string of the molecule is O=C(Nc1ccc(Cl)c(-c2nnc3n2CCCCC3)c1)c1cccnc1-n1cccn1. The van der Waals surface area contributed by atoms with Crippen molar-refractivity contribution in [3.05, 3.63) is 71.4 Å². The summed E-state index contributed by atoms with van der Waals surface area (Å²) < 4.78 is 3.70. The molecule has 1 aromatic carbocycles. The quantitative estimate of drug-likeness (QED) is 0.522. The van der Waals surface area contributed by atoms with Gasteiger partial charge in [0.1, 0.15) is 5.82 Å². The summed E-state index contributed by atoms with van der Waals surface area (Å²) in [5.41, 5.74) is 1.78. The van der Waals surface area contributed by atoms with Gasteiger partial charge in [-0.2, -0.15) is 5.10 Å². The highest BCUT2D eigenvalue weighted by Crippen LogP contribution is 2.31. The van der Waals surface area contributed by atoms with Crippen LogP contribution in [-0.4, -0.2) is 35.4 Å². The van der Waals surface area contributed by atoms with Crippen molar-refractivity contribution in [2.45, 2.75) is 32.2 Å². The van der Waals surface area contributed by atoms with Gasteiger partial charge in [-0.15, -0.1) is 10.2 Å². The number of hydrogen-bond acceptors (Lipinski definition) is 5. The highest BCUT2D eigenvalue weighted by molar-refractivity contribution is 6.33. The number of carbonyl (C=O) groups excluding carboxylic acids is 1. The molecule has 1 N–H and O–H groups in total. The molecule has 1 aliphatic rings. The van der Waals surface area contributed by atoms with Crippen LogP contribution in [0.1, 0.15) is 35.4 Å². The fourth-order valence-electron chi connectivity index (χ4n) is 3.81. The molecule has 4 heterocycles. The highest BCUT2D eigenvalue weighted by atomic mass is 35.5. The summed E-state index contributed by atoms with van der Waals surface area (Å²) in [4.78, 5) is 17.3. The van der Waals surface area contributed by atoms with Gasteiger partial charge in [0.15, 0.2) is 11.6 Å². The minimum Gasteiger partial charge on any atom is -0.322 e. The van der Waals surface area contributed by atoms with E-state index in [-0.39, 0.29) is 5.91 Å². The smallest absolute Gasteiger partial charge is 0.259 e. The lowest BCUT2D eigenvalue weighted by molar-refractivity contribution is 0.102. The van der Waals surface area contributed by atoms with Gasteiger partial charge in [-0.3, -0.25) is 4.79 Å². The molecular weight excluding hydrogens is 414 g/mol. The van der Waals surface area contributed by atoms with Crippen LogP contribution in [0.4, 0.5) is 5.69 Å². The van der Waals surface area contributed by atoms with E-state index in [2.05, 4.69) is 30.2 Å². The van der Waals surface area contributed by atoms with E-state index in [0.717, 1.165) is 43.0 Å². The van der Waals surface area contributed by atoms with Crippen molar-refractivity contribution < 1.29 is 4.79 Å². The predicted molar refractivity (Wildman–Crippen MR) is 117 cm³/mol. The highest BCUT2D eigenvalue weighted by Gasteiger charge is 2.19. The fraction of sp³-hybridized carbons (Fsp3) is 0.227. The zero-order valence-corrected chi connectivity index (χ0v) is 17.5. The first-order chi connectivity index (χ1) is 15.2. The first-order valence-electron chi connectivity index (χ1n) is 10.2. The third kappa shape index (κ3) is 3.82. The maximum atomic E-state index is 13.0. The van der Waals surface area contributed by atoms with Gasteiger partial charge in [0.2, 0.25) is 0 Å². The summed E-state index contributed by atoms with van der Waals surface area (Å²) in [6.07, 6.45) is 9.31. The van der Waals surface area contributed by atoms with Crippen molar-refractivity contribution in [2.75, 3.05) is 5.32 Å². The Labute approximate surface area is 183 Å². The van der Waals surface area contributed by atoms with E-state index in [1.165, 1.54) is 6.42 Å². The normalized spacial score (nSPS) is 13.5. The number of rotatable bonds is 4. The van der Waals surface area contributed by atoms with Gasteiger partial charge in [-0.25, -0.2) is 9.67 Å². The molecule has 1 aliphatic heterocycles. The number of aromatic nitrogens is 6. The lowest BCUT2D eigenvalue weighted by Gasteiger charge is -2.12. The third-order valence-electron chi connectivity index (χ3n) is 5.33. The fourth-order valence-corrected chi connectivity index (χ4v) is 4.01. The predicted octanol–water partition coefficient (Wildman–Crippen LogP) is 4.16. The molecule has 3 aromatic heterocycles. The molecule has 9 heteroatoms. The maximum Gasteiger partial charge on any atom is 0.259 e. The van der Waals surface area contributed by atoms with E-state index in [1.807, 2.05) is 6.07 Å². The van der Waals surface area contributed by atoms with Gasteiger partial charge in [0.05, 0.1) is 10.6 Å². The Bertz CT molecular complexity index is 1230. The van der Waals surface area contributed by atoms with E-state index in [4.69, 9.17) is 11.6 Å². The molecule has 156 valence electrons. The Kier molecular flexibility index (Phi) is 5.21. The largest absolute Gasteiger partial charge is 0.322 e. The van der Waals surface area contributed by atoms with Crippen molar-refractivity contribution in [3.8, 4) is 17.2 Å². The molecule has 0 saturated heterocycles. The Morgan fingerprint density at radius 2 is 2.00 bits per heavy atom. The van der Waals surface area contributed by atoms with Crippen LogP contribution in [0, 0.1) is 0 Å². The summed E-state index contributed by atoms with van der Waals surface area (Å²) in [6, 6.07) is 10.6. The Balaban J connectivity index is 1.46. The van der Waals surface area contributed by atoms with Gasteiger partial charge in [-0.05, 0) is 49.2 Å². The van der Waals surface area contributed by atoms with Crippen molar-refractivity contribution in [2.24, 2.45) is 0 Å². The van der Waals surface area contributed by atoms with Crippen LogP contribution in [0.5, 0.6) is 0 Å². The molecule has 1 amide bonds. The summed E-state index contributed by atoms with van der Waals surface area (Å²) in [5.74, 6) is 1.89. The topological polar surface area (TPSA) is 90.5 Å². The number of nitrogens with zero attached hydrogens (tertiary/aromatic N) is 6. The van der Waals surface area contributed by atoms with Gasteiger partial charge in [0, 0.05) is 42.8 Å². The number of halogens is 1. The average Bonchev–Trinajstić information content (AvgIpc) is 3.40. The number of benzene rings is 1. The van der Waals surface area contributed by atoms with E-state index < -0.39 is 0 Å². The molecule has 4 aromatic rings. The van der Waals surface area contributed by atoms with Crippen LogP contribution < -0.4 is 5.32 Å². The molecule has 8 nitrogen and oxygen atoms in total. The summed E-state index contributed by atoms with van der Waals surface area (Å²) in [7, 11) is 0. The summed E-state index contributed by atoms with van der Waals surface area (Å²) in [6.45, 7) is 0.869. The number of nitrogens with one attached hydrogen (secondary N) is 1. The van der Waals surface area contributed by atoms with Crippen molar-refractivity contribution in [1.82, 2.24) is 29.5 Å². The maximum absolute atomic E-state index is 13.0. The molecule has 0 atom stereocenters. The zero-order valence-electron chi connectivity index (χ0n) is 16.7. The molecule has 5 rings (SSSR count). The minimum absolute atomic E-state index is 0.285. The van der Waals surface area contributed by atoms with E-state index >= 15 is 0 Å². The number of fused-ring (bicyclic) bond motifs is 1. The van der Waals surface area contributed by atoms with Gasteiger partial charge in [0.25, 0.3) is 5.91 Å².